The molecule has 0 N–H and O–H groups in total. The summed E-state index contributed by atoms with van der Waals surface area (Å²) >= 11 is 11.7. The molecule has 6 heteroatoms. The van der Waals surface area contributed by atoms with Gasteiger partial charge in [-0.25, -0.2) is 9.97 Å². The number of halogens is 2. The van der Waals surface area contributed by atoms with Gasteiger partial charge in [0.25, 0.3) is 0 Å². The van der Waals surface area contributed by atoms with Gasteiger partial charge in [-0.05, 0) is 18.6 Å². The van der Waals surface area contributed by atoms with Crippen molar-refractivity contribution in [2.45, 2.75) is 0 Å². The van der Waals surface area contributed by atoms with Crippen molar-refractivity contribution >= 4 is 28.9 Å². The predicted molar refractivity (Wildman–Crippen MR) is 61.8 cm³/mol. The summed E-state index contributed by atoms with van der Waals surface area (Å²) in [6.45, 7) is 3.94. The van der Waals surface area contributed by atoms with Gasteiger partial charge in [0.1, 0.15) is 0 Å². The molecule has 4 nitrogen and oxygen atoms in total. The van der Waals surface area contributed by atoms with E-state index in [1.807, 2.05) is 0 Å². The van der Waals surface area contributed by atoms with Crippen LogP contribution in [-0.4, -0.2) is 48.1 Å². The fourth-order valence-corrected chi connectivity index (χ4v) is 2.02. The molecule has 0 bridgehead atoms. The van der Waals surface area contributed by atoms with Crippen LogP contribution in [0.5, 0.6) is 0 Å². The van der Waals surface area contributed by atoms with Crippen LogP contribution in [0.25, 0.3) is 0 Å². The maximum absolute atomic E-state index is 6.01. The molecule has 15 heavy (non-hydrogen) atoms. The third kappa shape index (κ3) is 2.51. The highest BCUT2D eigenvalue weighted by Crippen LogP contribution is 2.24. The minimum absolute atomic E-state index is 0.192. The maximum Gasteiger partial charge on any atom is 0.223 e. The molecule has 1 aliphatic rings. The van der Waals surface area contributed by atoms with E-state index >= 15 is 0 Å². The second-order valence-electron chi connectivity index (χ2n) is 3.61. The Hall–Kier alpha value is -0.580. The van der Waals surface area contributed by atoms with Crippen molar-refractivity contribution in [3.8, 4) is 0 Å². The molecule has 0 unspecified atom stereocenters. The Morgan fingerprint density at radius 1 is 1.20 bits per heavy atom. The SMILES string of the molecule is CN1CCN(c2cnc(Cl)nc2Cl)CC1. The second kappa shape index (κ2) is 4.51. The van der Waals surface area contributed by atoms with Gasteiger partial charge in [0.15, 0.2) is 5.15 Å². The van der Waals surface area contributed by atoms with Crippen LogP contribution in [0, 0.1) is 0 Å². The molecule has 1 aromatic heterocycles. The Balaban J connectivity index is 2.15. The van der Waals surface area contributed by atoms with Crippen LogP contribution in [0.2, 0.25) is 10.4 Å². The van der Waals surface area contributed by atoms with Gasteiger partial charge < -0.3 is 9.80 Å². The van der Waals surface area contributed by atoms with Crippen molar-refractivity contribution in [1.29, 1.82) is 0 Å². The van der Waals surface area contributed by atoms with E-state index in [0.717, 1.165) is 31.9 Å². The lowest BCUT2D eigenvalue weighted by atomic mass is 10.3. The Kier molecular flexibility index (Phi) is 3.29. The van der Waals surface area contributed by atoms with Crippen molar-refractivity contribution in [3.63, 3.8) is 0 Å². The van der Waals surface area contributed by atoms with Crippen LogP contribution in [0.4, 0.5) is 5.69 Å². The lowest BCUT2D eigenvalue weighted by molar-refractivity contribution is 0.312. The molecule has 0 aromatic carbocycles. The van der Waals surface area contributed by atoms with E-state index in [1.54, 1.807) is 6.20 Å². The van der Waals surface area contributed by atoms with E-state index in [-0.39, 0.29) is 5.28 Å². The molecule has 82 valence electrons. The van der Waals surface area contributed by atoms with E-state index < -0.39 is 0 Å². The lowest BCUT2D eigenvalue weighted by Crippen LogP contribution is -2.44. The fraction of sp³-hybridized carbons (Fsp3) is 0.556. The number of rotatable bonds is 1. The van der Waals surface area contributed by atoms with Crippen molar-refractivity contribution in [2.24, 2.45) is 0 Å². The van der Waals surface area contributed by atoms with Gasteiger partial charge in [0.2, 0.25) is 5.28 Å². The van der Waals surface area contributed by atoms with Crippen molar-refractivity contribution in [1.82, 2.24) is 14.9 Å². The summed E-state index contributed by atoms with van der Waals surface area (Å²) < 4.78 is 0. The summed E-state index contributed by atoms with van der Waals surface area (Å²) in [5, 5.41) is 0.623. The molecule has 0 aliphatic carbocycles. The summed E-state index contributed by atoms with van der Waals surface area (Å²) in [5.74, 6) is 0. The topological polar surface area (TPSA) is 32.3 Å². The Morgan fingerprint density at radius 2 is 1.87 bits per heavy atom. The molecule has 0 saturated carbocycles. The molecule has 1 aliphatic heterocycles. The first-order valence-corrected chi connectivity index (χ1v) is 5.54. The molecule has 2 heterocycles. The lowest BCUT2D eigenvalue weighted by Gasteiger charge is -2.33. The van der Waals surface area contributed by atoms with Crippen LogP contribution < -0.4 is 4.90 Å². The number of piperazine rings is 1. The van der Waals surface area contributed by atoms with Gasteiger partial charge in [-0.1, -0.05) is 11.6 Å². The van der Waals surface area contributed by atoms with E-state index in [1.165, 1.54) is 0 Å². The first-order valence-electron chi connectivity index (χ1n) is 4.78. The number of anilines is 1. The summed E-state index contributed by atoms with van der Waals surface area (Å²) in [6, 6.07) is 0. The fourth-order valence-electron chi connectivity index (χ4n) is 1.59. The number of hydrogen-bond donors (Lipinski definition) is 0. The molecule has 0 atom stereocenters. The van der Waals surface area contributed by atoms with Crippen molar-refractivity contribution in [2.75, 3.05) is 38.1 Å². The highest BCUT2D eigenvalue weighted by molar-refractivity contribution is 6.33. The summed E-state index contributed by atoms with van der Waals surface area (Å²) in [6.07, 6.45) is 1.68. The zero-order chi connectivity index (χ0) is 10.8. The van der Waals surface area contributed by atoms with Gasteiger partial charge >= 0.3 is 0 Å². The molecule has 0 spiro atoms. The standard InChI is InChI=1S/C9H12Cl2N4/c1-14-2-4-15(5-3-14)7-6-12-9(11)13-8(7)10/h6H,2-5H2,1H3. The largest absolute Gasteiger partial charge is 0.365 e. The molecule has 1 saturated heterocycles. The summed E-state index contributed by atoms with van der Waals surface area (Å²) in [7, 11) is 2.11. The molecule has 1 aromatic rings. The third-order valence-corrected chi connectivity index (χ3v) is 3.00. The summed E-state index contributed by atoms with van der Waals surface area (Å²) in [4.78, 5) is 12.3. The minimum Gasteiger partial charge on any atom is -0.365 e. The number of likely N-dealkylation sites (N-methyl/N-ethyl adjacent to an activating group) is 1. The normalized spacial score (nSPS) is 18.2. The van der Waals surface area contributed by atoms with Crippen LogP contribution in [0.3, 0.4) is 0 Å². The first-order chi connectivity index (χ1) is 7.16. The Labute approximate surface area is 98.8 Å². The molecular formula is C9H12Cl2N4. The second-order valence-corrected chi connectivity index (χ2v) is 4.30. The average molecular weight is 247 g/mol. The van der Waals surface area contributed by atoms with Crippen LogP contribution in [0.15, 0.2) is 6.20 Å². The van der Waals surface area contributed by atoms with Crippen LogP contribution in [-0.2, 0) is 0 Å². The number of hydrogen-bond acceptors (Lipinski definition) is 4. The predicted octanol–water partition coefficient (Wildman–Crippen LogP) is 1.54. The molecule has 0 amide bonds. The van der Waals surface area contributed by atoms with Crippen molar-refractivity contribution in [3.05, 3.63) is 16.6 Å². The first kappa shape index (κ1) is 10.9. The highest BCUT2D eigenvalue weighted by atomic mass is 35.5. The number of nitrogens with zero attached hydrogens (tertiary/aromatic N) is 4. The zero-order valence-electron chi connectivity index (χ0n) is 8.45. The molecule has 0 radical (unpaired) electrons. The molecule has 2 rings (SSSR count). The van der Waals surface area contributed by atoms with E-state index in [0.29, 0.717) is 5.15 Å². The zero-order valence-corrected chi connectivity index (χ0v) is 9.96. The minimum atomic E-state index is 0.192. The maximum atomic E-state index is 6.01. The molecular weight excluding hydrogens is 235 g/mol. The van der Waals surface area contributed by atoms with E-state index in [9.17, 15) is 0 Å². The smallest absolute Gasteiger partial charge is 0.223 e. The van der Waals surface area contributed by atoms with Crippen LogP contribution >= 0.6 is 23.2 Å². The van der Waals surface area contributed by atoms with Gasteiger partial charge in [-0.2, -0.15) is 0 Å². The quantitative estimate of drug-likeness (QED) is 0.556. The monoisotopic (exact) mass is 246 g/mol. The van der Waals surface area contributed by atoms with Gasteiger partial charge in [-0.15, -0.1) is 0 Å². The highest BCUT2D eigenvalue weighted by Gasteiger charge is 2.17. The van der Waals surface area contributed by atoms with E-state index in [4.69, 9.17) is 23.2 Å². The van der Waals surface area contributed by atoms with E-state index in [2.05, 4.69) is 26.8 Å². The average Bonchev–Trinajstić information content (AvgIpc) is 2.20. The Bertz CT molecular complexity index is 350. The van der Waals surface area contributed by atoms with Gasteiger partial charge in [0.05, 0.1) is 11.9 Å². The number of aromatic nitrogens is 2. The van der Waals surface area contributed by atoms with Crippen LogP contribution in [0.1, 0.15) is 0 Å². The van der Waals surface area contributed by atoms with Crippen molar-refractivity contribution < 1.29 is 0 Å². The van der Waals surface area contributed by atoms with Gasteiger partial charge in [-0.3, -0.25) is 0 Å². The Morgan fingerprint density at radius 3 is 2.47 bits per heavy atom. The summed E-state index contributed by atoms with van der Waals surface area (Å²) in [5.41, 5.74) is 0.870. The van der Waals surface area contributed by atoms with Gasteiger partial charge in [0, 0.05) is 26.2 Å². The third-order valence-electron chi connectivity index (χ3n) is 2.54. The molecule has 1 fully saturated rings.